The van der Waals surface area contributed by atoms with Crippen LogP contribution in [0.1, 0.15) is 29.5 Å². The summed E-state index contributed by atoms with van der Waals surface area (Å²) in [6, 6.07) is 15.3. The summed E-state index contributed by atoms with van der Waals surface area (Å²) in [6.07, 6.45) is 3.33. The molecule has 0 saturated carbocycles. The molecular formula is C25H31N5O3. The van der Waals surface area contributed by atoms with Gasteiger partial charge in [-0.15, -0.1) is 0 Å². The van der Waals surface area contributed by atoms with Crippen LogP contribution >= 0.6 is 0 Å². The van der Waals surface area contributed by atoms with E-state index in [1.165, 1.54) is 0 Å². The molecule has 174 valence electrons. The van der Waals surface area contributed by atoms with E-state index in [4.69, 9.17) is 14.6 Å². The largest absolute Gasteiger partial charge is 0.395 e. The van der Waals surface area contributed by atoms with Crippen LogP contribution in [0.5, 0.6) is 0 Å². The first kappa shape index (κ1) is 22.3. The summed E-state index contributed by atoms with van der Waals surface area (Å²) in [5.74, 6) is 0.311. The minimum atomic E-state index is -0.887. The number of pyridine rings is 1. The Labute approximate surface area is 196 Å². The summed E-state index contributed by atoms with van der Waals surface area (Å²) in [7, 11) is 0. The Kier molecular flexibility index (Phi) is 6.28. The zero-order valence-corrected chi connectivity index (χ0v) is 18.7. The average molecular weight is 450 g/mol. The molecule has 8 nitrogen and oxygen atoms in total. The van der Waals surface area contributed by atoms with Crippen LogP contribution in [0.4, 0.5) is 0 Å². The van der Waals surface area contributed by atoms with Crippen LogP contribution in [-0.2, 0) is 10.2 Å². The third-order valence-electron chi connectivity index (χ3n) is 5.43. The highest BCUT2D eigenvalue weighted by Gasteiger charge is 2.31. The van der Waals surface area contributed by atoms with E-state index in [-0.39, 0.29) is 23.3 Å². The van der Waals surface area contributed by atoms with Crippen molar-refractivity contribution < 1.29 is 18.7 Å². The Bertz CT molecular complexity index is 1280. The smallest absolute Gasteiger partial charge is 0.231 e. The molecule has 0 aliphatic carbocycles. The minimum absolute atomic E-state index is 0. The third kappa shape index (κ3) is 4.65. The van der Waals surface area contributed by atoms with Crippen molar-refractivity contribution in [1.29, 1.82) is 0 Å². The lowest BCUT2D eigenvalue weighted by Crippen LogP contribution is -2.41. The maximum absolute atomic E-state index is 12.6. The van der Waals surface area contributed by atoms with Crippen molar-refractivity contribution in [2.45, 2.75) is 26.2 Å². The summed E-state index contributed by atoms with van der Waals surface area (Å²) >= 11 is 0. The fourth-order valence-corrected chi connectivity index (χ4v) is 3.39. The fraction of sp³-hybridized carbons (Fsp3) is 0.240. The van der Waals surface area contributed by atoms with Crippen LogP contribution in [0.15, 0.2) is 65.4 Å². The predicted molar refractivity (Wildman–Crippen MR) is 130 cm³/mol. The number of nitrogens with zero attached hydrogens (tertiary/aromatic N) is 4. The minimum Gasteiger partial charge on any atom is -0.395 e. The third-order valence-corrected chi connectivity index (χ3v) is 5.43. The van der Waals surface area contributed by atoms with Gasteiger partial charge in [-0.3, -0.25) is 14.8 Å². The molecule has 0 aliphatic rings. The van der Waals surface area contributed by atoms with Gasteiger partial charge in [0.25, 0.3) is 0 Å². The molecule has 0 fully saturated rings. The Balaban J connectivity index is 0.00000216. The van der Waals surface area contributed by atoms with Gasteiger partial charge in [0.1, 0.15) is 11.4 Å². The zero-order chi connectivity index (χ0) is 23.4. The number of hydrogen-bond acceptors (Lipinski definition) is 7. The molecule has 3 heterocycles. The van der Waals surface area contributed by atoms with Gasteiger partial charge in [-0.25, -0.2) is 4.98 Å². The molecule has 1 amide bonds. The highest BCUT2D eigenvalue weighted by molar-refractivity contribution is 5.87. The van der Waals surface area contributed by atoms with Gasteiger partial charge in [-0.1, -0.05) is 35.5 Å². The van der Waals surface area contributed by atoms with E-state index in [9.17, 15) is 4.79 Å². The van der Waals surface area contributed by atoms with Crippen molar-refractivity contribution in [3.05, 3.63) is 72.3 Å². The van der Waals surface area contributed by atoms with Gasteiger partial charge in [-0.05, 0) is 32.9 Å². The first-order chi connectivity index (χ1) is 15.9. The van der Waals surface area contributed by atoms with Gasteiger partial charge >= 0.3 is 0 Å². The second-order valence-corrected chi connectivity index (χ2v) is 8.17. The van der Waals surface area contributed by atoms with Crippen molar-refractivity contribution >= 4 is 5.91 Å². The Morgan fingerprint density at radius 1 is 1.09 bits per heavy atom. The van der Waals surface area contributed by atoms with E-state index >= 15 is 0 Å². The van der Waals surface area contributed by atoms with Crippen molar-refractivity contribution in [3.63, 3.8) is 0 Å². The number of carbonyl (C=O) groups excluding carboxylic acids is 1. The number of nitrogens with one attached hydrogen (secondary N) is 1. The molecule has 0 unspecified atom stereocenters. The number of aryl methyl sites for hydroxylation is 1. The lowest BCUT2D eigenvalue weighted by Gasteiger charge is -2.23. The Hall–Kier alpha value is -3.91. The average Bonchev–Trinajstić information content (AvgIpc) is 3.33. The topological polar surface area (TPSA) is 114 Å². The van der Waals surface area contributed by atoms with E-state index in [0.29, 0.717) is 28.5 Å². The van der Waals surface area contributed by atoms with Gasteiger partial charge in [0.15, 0.2) is 5.76 Å². The van der Waals surface area contributed by atoms with E-state index in [1.54, 1.807) is 26.2 Å². The zero-order valence-electron chi connectivity index (χ0n) is 18.7. The maximum Gasteiger partial charge on any atom is 0.231 e. The van der Waals surface area contributed by atoms with Gasteiger partial charge in [0.05, 0.1) is 35.3 Å². The molecule has 0 aliphatic heterocycles. The van der Waals surface area contributed by atoms with Crippen molar-refractivity contribution in [1.82, 2.24) is 25.4 Å². The molecule has 4 rings (SSSR count). The number of carbonyl (C=O) groups is 1. The highest BCUT2D eigenvalue weighted by Crippen LogP contribution is 2.30. The molecule has 8 heteroatoms. The molecule has 0 atom stereocenters. The van der Waals surface area contributed by atoms with Crippen LogP contribution in [0.2, 0.25) is 0 Å². The molecule has 33 heavy (non-hydrogen) atoms. The number of aliphatic hydroxyl groups excluding tert-OH is 1. The quantitative estimate of drug-likeness (QED) is 0.432. The second-order valence-electron chi connectivity index (χ2n) is 8.17. The number of hydrogen-bond donors (Lipinski definition) is 2. The van der Waals surface area contributed by atoms with Crippen LogP contribution in [-0.4, -0.2) is 44.3 Å². The van der Waals surface area contributed by atoms with E-state index < -0.39 is 5.41 Å². The summed E-state index contributed by atoms with van der Waals surface area (Å²) < 4.78 is 5.59. The summed E-state index contributed by atoms with van der Waals surface area (Å²) in [5.41, 5.74) is 4.09. The monoisotopic (exact) mass is 449 g/mol. The number of benzene rings is 1. The highest BCUT2D eigenvalue weighted by atomic mass is 16.5. The first-order valence-corrected chi connectivity index (χ1v) is 10.6. The van der Waals surface area contributed by atoms with Gasteiger partial charge in [0, 0.05) is 34.2 Å². The number of rotatable bonds is 7. The molecular weight excluding hydrogens is 418 g/mol. The van der Waals surface area contributed by atoms with Gasteiger partial charge < -0.3 is 14.9 Å². The van der Waals surface area contributed by atoms with Crippen LogP contribution in [0, 0.1) is 6.92 Å². The first-order valence-electron chi connectivity index (χ1n) is 10.6. The molecule has 2 N–H and O–H groups in total. The van der Waals surface area contributed by atoms with E-state index in [2.05, 4.69) is 20.4 Å². The molecule has 4 aromatic rings. The molecule has 0 bridgehead atoms. The number of aliphatic hydroxyl groups is 1. The van der Waals surface area contributed by atoms with E-state index in [0.717, 1.165) is 16.8 Å². The lowest BCUT2D eigenvalue weighted by atomic mass is 9.86. The SMILES string of the molecule is Cc1ncc(-c2ccnc(C(C)(C)C(=O)NCCO)c2)nc1-c1cc(-c2ccccc2)no1.[HH].[HH].[HH]. The Morgan fingerprint density at radius 3 is 2.64 bits per heavy atom. The molecule has 0 saturated heterocycles. The number of amides is 1. The van der Waals surface area contributed by atoms with Crippen LogP contribution in [0.25, 0.3) is 34.0 Å². The summed E-state index contributed by atoms with van der Waals surface area (Å²) in [5, 5.41) is 15.9. The Morgan fingerprint density at radius 2 is 1.88 bits per heavy atom. The molecule has 1 aromatic carbocycles. The lowest BCUT2D eigenvalue weighted by molar-refractivity contribution is -0.125. The van der Waals surface area contributed by atoms with Gasteiger partial charge in [-0.2, -0.15) is 0 Å². The predicted octanol–water partition coefficient (Wildman–Crippen LogP) is 4.29. The van der Waals surface area contributed by atoms with Crippen molar-refractivity contribution in [2.24, 2.45) is 0 Å². The normalized spacial score (nSPS) is 11.4. The van der Waals surface area contributed by atoms with E-state index in [1.807, 2.05) is 55.5 Å². The summed E-state index contributed by atoms with van der Waals surface area (Å²) in [4.78, 5) is 26.2. The van der Waals surface area contributed by atoms with Crippen LogP contribution < -0.4 is 5.32 Å². The molecule has 0 spiro atoms. The number of aromatic nitrogens is 4. The summed E-state index contributed by atoms with van der Waals surface area (Å²) in [6.45, 7) is 5.51. The molecule has 0 radical (unpaired) electrons. The standard InChI is InChI=1S/C25H25N5O3.3H2/c1-16-23(21-14-19(30-33-21)17-7-5-4-6-8-17)29-20(15-28-16)18-9-10-26-22(13-18)25(2,3)24(32)27-11-12-31;;;/h4-10,13-15,31H,11-12H2,1-3H3,(H,27,32);3*1H. The van der Waals surface area contributed by atoms with Crippen molar-refractivity contribution in [2.75, 3.05) is 13.2 Å². The fourth-order valence-electron chi connectivity index (χ4n) is 3.39. The molecule has 3 aromatic heterocycles. The second kappa shape index (κ2) is 9.30. The van der Waals surface area contributed by atoms with Crippen LogP contribution in [0.3, 0.4) is 0 Å². The maximum atomic E-state index is 12.6. The van der Waals surface area contributed by atoms with Gasteiger partial charge in [0.2, 0.25) is 5.91 Å². The van der Waals surface area contributed by atoms with Crippen molar-refractivity contribution in [3.8, 4) is 34.0 Å².